The Morgan fingerprint density at radius 1 is 1.21 bits per heavy atom. The van der Waals surface area contributed by atoms with Gasteiger partial charge in [-0.2, -0.15) is 13.2 Å². The average Bonchev–Trinajstić information content (AvgIpc) is 2.24. The van der Waals surface area contributed by atoms with Crippen LogP contribution in [-0.4, -0.2) is 18.5 Å². The minimum atomic E-state index is -5.08. The summed E-state index contributed by atoms with van der Waals surface area (Å²) in [4.78, 5) is 2.88. The summed E-state index contributed by atoms with van der Waals surface area (Å²) < 4.78 is 81.9. The quantitative estimate of drug-likeness (QED) is 0.629. The monoisotopic (exact) mass is 309 g/mol. The van der Waals surface area contributed by atoms with E-state index in [2.05, 4.69) is 14.5 Å². The summed E-state index contributed by atoms with van der Waals surface area (Å²) in [6.45, 7) is 0. The molecule has 1 heterocycles. The summed E-state index contributed by atoms with van der Waals surface area (Å²) in [5.74, 6) is -2.50. The van der Waals surface area contributed by atoms with Crippen molar-refractivity contribution in [2.75, 3.05) is 7.11 Å². The van der Waals surface area contributed by atoms with E-state index in [1.165, 1.54) is 0 Å². The molecule has 0 unspecified atom stereocenters. The van der Waals surface area contributed by atoms with Gasteiger partial charge in [-0.25, -0.2) is 4.98 Å². The standard InChI is InChI=1S/C9H6ClF6NO2/c1-18-6-4(2-10)5(19-9(14,15)16)3-17-7(6)8(11,12)13/h3H,2H2,1H3. The van der Waals surface area contributed by atoms with Gasteiger partial charge in [-0.3, -0.25) is 0 Å². The van der Waals surface area contributed by atoms with Gasteiger partial charge in [0.25, 0.3) is 0 Å². The van der Waals surface area contributed by atoms with E-state index in [0.717, 1.165) is 7.11 Å². The third-order valence-electron chi connectivity index (χ3n) is 1.93. The van der Waals surface area contributed by atoms with Crippen LogP contribution in [0.25, 0.3) is 0 Å². The average molecular weight is 310 g/mol. The molecule has 0 saturated heterocycles. The fraction of sp³-hybridized carbons (Fsp3) is 0.444. The van der Waals surface area contributed by atoms with E-state index in [0.29, 0.717) is 6.20 Å². The van der Waals surface area contributed by atoms with E-state index in [1.807, 2.05) is 0 Å². The lowest BCUT2D eigenvalue weighted by molar-refractivity contribution is -0.275. The van der Waals surface area contributed by atoms with E-state index in [4.69, 9.17) is 11.6 Å². The molecule has 0 bridgehead atoms. The molecule has 108 valence electrons. The Bertz CT molecular complexity index is 459. The maximum Gasteiger partial charge on any atom is 0.573 e. The van der Waals surface area contributed by atoms with Crippen molar-refractivity contribution < 1.29 is 35.8 Å². The zero-order valence-electron chi connectivity index (χ0n) is 9.19. The molecule has 0 radical (unpaired) electrons. The lowest BCUT2D eigenvalue weighted by Gasteiger charge is -2.17. The third kappa shape index (κ3) is 3.79. The Balaban J connectivity index is 3.39. The van der Waals surface area contributed by atoms with Crippen LogP contribution in [0.15, 0.2) is 6.20 Å². The summed E-state index contributed by atoms with van der Waals surface area (Å²) in [7, 11) is 0.861. The van der Waals surface area contributed by atoms with Crippen molar-refractivity contribution in [1.29, 1.82) is 0 Å². The molecule has 19 heavy (non-hydrogen) atoms. The third-order valence-corrected chi connectivity index (χ3v) is 2.20. The lowest BCUT2D eigenvalue weighted by atomic mass is 10.2. The number of nitrogens with zero attached hydrogens (tertiary/aromatic N) is 1. The molecule has 3 nitrogen and oxygen atoms in total. The Labute approximate surface area is 108 Å². The molecule has 0 aliphatic heterocycles. The first kappa shape index (κ1) is 15.7. The van der Waals surface area contributed by atoms with Crippen molar-refractivity contribution in [3.05, 3.63) is 17.5 Å². The number of aromatic nitrogens is 1. The molecule has 0 saturated carbocycles. The molecule has 10 heteroatoms. The molecule has 0 amide bonds. The van der Waals surface area contributed by atoms with Crippen molar-refractivity contribution in [2.24, 2.45) is 0 Å². The van der Waals surface area contributed by atoms with Crippen LogP contribution in [0.5, 0.6) is 11.5 Å². The zero-order chi connectivity index (χ0) is 14.8. The van der Waals surface area contributed by atoms with Gasteiger partial charge in [0.15, 0.2) is 17.2 Å². The normalized spacial score (nSPS) is 12.4. The van der Waals surface area contributed by atoms with Gasteiger partial charge in [0.05, 0.1) is 24.8 Å². The largest absolute Gasteiger partial charge is 0.573 e. The highest BCUT2D eigenvalue weighted by Crippen LogP contribution is 2.41. The molecule has 0 N–H and O–H groups in total. The van der Waals surface area contributed by atoms with E-state index in [9.17, 15) is 26.3 Å². The maximum atomic E-state index is 12.6. The van der Waals surface area contributed by atoms with Crippen LogP contribution >= 0.6 is 11.6 Å². The molecule has 0 spiro atoms. The Morgan fingerprint density at radius 3 is 2.16 bits per heavy atom. The van der Waals surface area contributed by atoms with Crippen LogP contribution in [0, 0.1) is 0 Å². The molecule has 1 aromatic rings. The predicted octanol–water partition coefficient (Wildman–Crippen LogP) is 3.75. The Kier molecular flexibility index (Phi) is 4.39. The molecule has 1 aromatic heterocycles. The maximum absolute atomic E-state index is 12.6. The molecule has 0 aliphatic rings. The van der Waals surface area contributed by atoms with Crippen LogP contribution in [0.1, 0.15) is 11.3 Å². The fourth-order valence-electron chi connectivity index (χ4n) is 1.28. The van der Waals surface area contributed by atoms with Gasteiger partial charge in [0.1, 0.15) is 0 Å². The number of ether oxygens (including phenoxy) is 2. The van der Waals surface area contributed by atoms with Crippen molar-refractivity contribution in [3.63, 3.8) is 0 Å². The molecular weight excluding hydrogens is 304 g/mol. The summed E-state index contributed by atoms with van der Waals surface area (Å²) >= 11 is 5.34. The summed E-state index contributed by atoms with van der Waals surface area (Å²) in [5.41, 5.74) is -2.05. The number of rotatable bonds is 3. The Morgan fingerprint density at radius 2 is 1.79 bits per heavy atom. The lowest BCUT2D eigenvalue weighted by Crippen LogP contribution is -2.20. The van der Waals surface area contributed by atoms with Crippen molar-refractivity contribution in [2.45, 2.75) is 18.4 Å². The van der Waals surface area contributed by atoms with Crippen LogP contribution < -0.4 is 9.47 Å². The fourth-order valence-corrected chi connectivity index (χ4v) is 1.53. The number of hydrogen-bond donors (Lipinski definition) is 0. The number of halogens is 7. The first-order chi connectivity index (χ1) is 8.60. The topological polar surface area (TPSA) is 31.4 Å². The molecular formula is C9H6ClF6NO2. The zero-order valence-corrected chi connectivity index (χ0v) is 9.95. The SMILES string of the molecule is COc1c(C(F)(F)F)ncc(OC(F)(F)F)c1CCl. The first-order valence-corrected chi connectivity index (χ1v) is 5.08. The summed E-state index contributed by atoms with van der Waals surface area (Å²) in [5, 5.41) is 0. The summed E-state index contributed by atoms with van der Waals surface area (Å²) in [6, 6.07) is 0. The molecule has 0 aromatic carbocycles. The van der Waals surface area contributed by atoms with Crippen molar-refractivity contribution >= 4 is 11.6 Å². The second-order valence-electron chi connectivity index (χ2n) is 3.16. The van der Waals surface area contributed by atoms with Crippen LogP contribution in [0.2, 0.25) is 0 Å². The van der Waals surface area contributed by atoms with Crippen LogP contribution in [0.4, 0.5) is 26.3 Å². The van der Waals surface area contributed by atoms with Crippen molar-refractivity contribution in [3.8, 4) is 11.5 Å². The van der Waals surface area contributed by atoms with Gasteiger partial charge in [-0.1, -0.05) is 0 Å². The molecule has 0 atom stereocenters. The smallest absolute Gasteiger partial charge is 0.494 e. The number of alkyl halides is 7. The van der Waals surface area contributed by atoms with Gasteiger partial charge in [0.2, 0.25) is 0 Å². The summed E-state index contributed by atoms with van der Waals surface area (Å²) in [6.07, 6.45) is -9.66. The molecule has 1 rings (SSSR count). The Hall–Kier alpha value is -1.38. The number of methoxy groups -OCH3 is 1. The predicted molar refractivity (Wildman–Crippen MR) is 52.0 cm³/mol. The van der Waals surface area contributed by atoms with E-state index >= 15 is 0 Å². The van der Waals surface area contributed by atoms with Gasteiger partial charge < -0.3 is 9.47 Å². The van der Waals surface area contributed by atoms with Crippen LogP contribution in [-0.2, 0) is 12.1 Å². The first-order valence-electron chi connectivity index (χ1n) is 4.55. The number of hydrogen-bond acceptors (Lipinski definition) is 3. The van der Waals surface area contributed by atoms with Gasteiger partial charge >= 0.3 is 12.5 Å². The van der Waals surface area contributed by atoms with E-state index < -0.39 is 41.2 Å². The van der Waals surface area contributed by atoms with Crippen molar-refractivity contribution in [1.82, 2.24) is 4.98 Å². The van der Waals surface area contributed by atoms with E-state index in [-0.39, 0.29) is 0 Å². The van der Waals surface area contributed by atoms with Gasteiger partial charge in [0, 0.05) is 0 Å². The highest BCUT2D eigenvalue weighted by Gasteiger charge is 2.40. The number of pyridine rings is 1. The van der Waals surface area contributed by atoms with Gasteiger partial charge in [-0.05, 0) is 0 Å². The van der Waals surface area contributed by atoms with Gasteiger partial charge in [-0.15, -0.1) is 24.8 Å². The van der Waals surface area contributed by atoms with E-state index in [1.54, 1.807) is 0 Å². The highest BCUT2D eigenvalue weighted by molar-refractivity contribution is 6.17. The molecule has 0 aliphatic carbocycles. The second kappa shape index (κ2) is 5.32. The minimum absolute atomic E-state index is 0.302. The molecule has 0 fully saturated rings. The minimum Gasteiger partial charge on any atom is -0.494 e. The highest BCUT2D eigenvalue weighted by atomic mass is 35.5. The van der Waals surface area contributed by atoms with Crippen LogP contribution in [0.3, 0.4) is 0 Å². The second-order valence-corrected chi connectivity index (χ2v) is 3.43.